The van der Waals surface area contributed by atoms with Crippen LogP contribution in [0, 0.1) is 0 Å². The van der Waals surface area contributed by atoms with Gasteiger partial charge in [-0.05, 0) is 13.1 Å². The highest BCUT2D eigenvalue weighted by Crippen LogP contribution is 2.04. The maximum atomic E-state index is 10.3. The number of hydrogen-bond acceptors (Lipinski definition) is 5. The SMILES string of the molecule is C=CN1C=CN(CC)C1.NC(Cc1cnc[nH]1)C(=O)O. The number of nitrogens with two attached hydrogens (primary N) is 1. The molecule has 1 aliphatic heterocycles. The normalized spacial score (nSPS) is 14.7. The van der Waals surface area contributed by atoms with E-state index in [1.54, 1.807) is 6.20 Å². The van der Waals surface area contributed by atoms with Crippen LogP contribution < -0.4 is 5.73 Å². The zero-order chi connectivity index (χ0) is 15.0. The summed E-state index contributed by atoms with van der Waals surface area (Å²) in [5.74, 6) is -1.00. The number of nitrogens with one attached hydrogen (secondary N) is 1. The van der Waals surface area contributed by atoms with Crippen LogP contribution in [0.15, 0.2) is 37.7 Å². The molecular weight excluding hydrogens is 258 g/mol. The van der Waals surface area contributed by atoms with E-state index in [-0.39, 0.29) is 6.42 Å². The smallest absolute Gasteiger partial charge is 0.320 e. The monoisotopic (exact) mass is 279 g/mol. The second-order valence-corrected chi connectivity index (χ2v) is 4.27. The number of aromatic amines is 1. The van der Waals surface area contributed by atoms with Gasteiger partial charge in [0, 0.05) is 37.3 Å². The van der Waals surface area contributed by atoms with Gasteiger partial charge in [-0.15, -0.1) is 0 Å². The van der Waals surface area contributed by atoms with Crippen LogP contribution in [0.3, 0.4) is 0 Å². The zero-order valence-corrected chi connectivity index (χ0v) is 11.6. The van der Waals surface area contributed by atoms with Gasteiger partial charge in [0.05, 0.1) is 13.0 Å². The number of hydrogen-bond donors (Lipinski definition) is 3. The van der Waals surface area contributed by atoms with Crippen molar-refractivity contribution in [3.8, 4) is 0 Å². The molecular formula is C13H21N5O2. The highest BCUT2D eigenvalue weighted by atomic mass is 16.4. The third kappa shape index (κ3) is 5.15. The summed E-state index contributed by atoms with van der Waals surface area (Å²) < 4.78 is 0. The molecule has 1 aromatic rings. The summed E-state index contributed by atoms with van der Waals surface area (Å²) in [4.78, 5) is 21.0. The van der Waals surface area contributed by atoms with E-state index in [1.807, 2.05) is 17.3 Å². The molecule has 1 aliphatic rings. The number of aliphatic carboxylic acids is 1. The maximum Gasteiger partial charge on any atom is 0.320 e. The predicted molar refractivity (Wildman–Crippen MR) is 76.3 cm³/mol. The average Bonchev–Trinajstić information content (AvgIpc) is 3.09. The second kappa shape index (κ2) is 8.00. The van der Waals surface area contributed by atoms with Gasteiger partial charge in [-0.1, -0.05) is 6.58 Å². The molecule has 1 aromatic heterocycles. The molecule has 2 heterocycles. The molecule has 0 saturated heterocycles. The van der Waals surface area contributed by atoms with E-state index >= 15 is 0 Å². The average molecular weight is 279 g/mol. The Balaban J connectivity index is 0.000000204. The van der Waals surface area contributed by atoms with Gasteiger partial charge >= 0.3 is 5.97 Å². The van der Waals surface area contributed by atoms with Crippen molar-refractivity contribution in [1.29, 1.82) is 0 Å². The lowest BCUT2D eigenvalue weighted by Crippen LogP contribution is -2.32. The Morgan fingerprint density at radius 2 is 2.45 bits per heavy atom. The van der Waals surface area contributed by atoms with Crippen molar-refractivity contribution < 1.29 is 9.90 Å². The molecule has 0 spiro atoms. The van der Waals surface area contributed by atoms with E-state index < -0.39 is 12.0 Å². The first-order chi connectivity index (χ1) is 9.56. The number of aromatic nitrogens is 2. The topological polar surface area (TPSA) is 98.5 Å². The molecule has 1 unspecified atom stereocenters. The molecule has 0 fully saturated rings. The van der Waals surface area contributed by atoms with Gasteiger partial charge in [-0.2, -0.15) is 0 Å². The lowest BCUT2D eigenvalue weighted by Gasteiger charge is -2.15. The highest BCUT2D eigenvalue weighted by Gasteiger charge is 2.12. The van der Waals surface area contributed by atoms with E-state index in [4.69, 9.17) is 10.8 Å². The summed E-state index contributed by atoms with van der Waals surface area (Å²) in [6.45, 7) is 7.82. The number of imidazole rings is 1. The molecule has 7 nitrogen and oxygen atoms in total. The van der Waals surface area contributed by atoms with E-state index in [0.717, 1.165) is 18.9 Å². The van der Waals surface area contributed by atoms with Gasteiger partial charge in [0.15, 0.2) is 0 Å². The van der Waals surface area contributed by atoms with Crippen molar-refractivity contribution in [2.45, 2.75) is 19.4 Å². The molecule has 0 aliphatic carbocycles. The Morgan fingerprint density at radius 1 is 1.70 bits per heavy atom. The summed E-state index contributed by atoms with van der Waals surface area (Å²) in [6, 6.07) is -0.851. The standard InChI is InChI=1S/C7H12N2.C6H9N3O2/c1-3-8-5-6-9(4-2)7-8;7-5(6(10)11)1-4-2-8-3-9-4/h3,5-6H,1,4,7H2,2H3;2-3,5H,1,7H2,(H,8,9)(H,10,11). The number of nitrogens with zero attached hydrogens (tertiary/aromatic N) is 3. The van der Waals surface area contributed by atoms with Gasteiger partial charge in [0.1, 0.15) is 6.04 Å². The summed E-state index contributed by atoms with van der Waals surface area (Å²) in [5.41, 5.74) is 6.00. The molecule has 7 heteroatoms. The molecule has 0 aromatic carbocycles. The number of rotatable bonds is 5. The fourth-order valence-corrected chi connectivity index (χ4v) is 1.53. The maximum absolute atomic E-state index is 10.3. The third-order valence-electron chi connectivity index (χ3n) is 2.77. The van der Waals surface area contributed by atoms with Crippen LogP contribution in [-0.4, -0.2) is 50.1 Å². The molecule has 2 rings (SSSR count). The molecule has 0 radical (unpaired) electrons. The number of carbonyl (C=O) groups is 1. The predicted octanol–water partition coefficient (Wildman–Crippen LogP) is 0.560. The largest absolute Gasteiger partial charge is 0.480 e. The number of carboxylic acids is 1. The molecule has 20 heavy (non-hydrogen) atoms. The minimum absolute atomic E-state index is 0.287. The van der Waals surface area contributed by atoms with Crippen LogP contribution in [0.25, 0.3) is 0 Å². The van der Waals surface area contributed by atoms with Crippen LogP contribution in [0.1, 0.15) is 12.6 Å². The van der Waals surface area contributed by atoms with E-state index in [0.29, 0.717) is 0 Å². The van der Waals surface area contributed by atoms with Gasteiger partial charge in [-0.25, -0.2) is 4.98 Å². The fraction of sp³-hybridized carbons (Fsp3) is 0.385. The summed E-state index contributed by atoms with van der Waals surface area (Å²) in [7, 11) is 0. The van der Waals surface area contributed by atoms with Crippen LogP contribution in [-0.2, 0) is 11.2 Å². The minimum Gasteiger partial charge on any atom is -0.480 e. The van der Waals surface area contributed by atoms with E-state index in [2.05, 4.69) is 34.6 Å². The second-order valence-electron chi connectivity index (χ2n) is 4.27. The van der Waals surface area contributed by atoms with Gasteiger partial charge in [0.2, 0.25) is 0 Å². The lowest BCUT2D eigenvalue weighted by atomic mass is 10.2. The Bertz CT molecular complexity index is 444. The van der Waals surface area contributed by atoms with Crippen LogP contribution in [0.2, 0.25) is 0 Å². The quantitative estimate of drug-likeness (QED) is 0.728. The number of carboxylic acid groups (broad SMARTS) is 1. The number of H-pyrrole nitrogens is 1. The fourth-order valence-electron chi connectivity index (χ4n) is 1.53. The molecule has 1 atom stereocenters. The van der Waals surface area contributed by atoms with E-state index in [1.165, 1.54) is 6.33 Å². The molecule has 0 saturated carbocycles. The van der Waals surface area contributed by atoms with Crippen molar-refractivity contribution in [2.24, 2.45) is 5.73 Å². The van der Waals surface area contributed by atoms with Crippen LogP contribution >= 0.6 is 0 Å². The van der Waals surface area contributed by atoms with Crippen LogP contribution in [0.4, 0.5) is 0 Å². The third-order valence-corrected chi connectivity index (χ3v) is 2.77. The summed E-state index contributed by atoms with van der Waals surface area (Å²) >= 11 is 0. The molecule has 0 amide bonds. The Labute approximate surface area is 118 Å². The highest BCUT2D eigenvalue weighted by molar-refractivity contribution is 5.73. The summed E-state index contributed by atoms with van der Waals surface area (Å²) in [6.07, 6.45) is 9.26. The van der Waals surface area contributed by atoms with Crippen molar-refractivity contribution in [3.63, 3.8) is 0 Å². The minimum atomic E-state index is -1.00. The van der Waals surface area contributed by atoms with Gasteiger partial charge < -0.3 is 25.6 Å². The van der Waals surface area contributed by atoms with Crippen LogP contribution in [0.5, 0.6) is 0 Å². The van der Waals surface area contributed by atoms with Gasteiger partial charge in [0.25, 0.3) is 0 Å². The Hall–Kier alpha value is -2.28. The molecule has 110 valence electrons. The first kappa shape index (κ1) is 15.8. The van der Waals surface area contributed by atoms with E-state index in [9.17, 15) is 4.79 Å². The van der Waals surface area contributed by atoms with Crippen molar-refractivity contribution in [1.82, 2.24) is 19.8 Å². The Kier molecular flexibility index (Phi) is 6.31. The lowest BCUT2D eigenvalue weighted by molar-refractivity contribution is -0.138. The first-order valence-corrected chi connectivity index (χ1v) is 6.33. The van der Waals surface area contributed by atoms with Crippen molar-refractivity contribution in [3.05, 3.63) is 43.4 Å². The van der Waals surface area contributed by atoms with Crippen molar-refractivity contribution in [2.75, 3.05) is 13.2 Å². The Morgan fingerprint density at radius 3 is 2.85 bits per heavy atom. The zero-order valence-electron chi connectivity index (χ0n) is 11.6. The van der Waals surface area contributed by atoms with Gasteiger partial charge in [-0.3, -0.25) is 4.79 Å². The molecule has 4 N–H and O–H groups in total. The summed E-state index contributed by atoms with van der Waals surface area (Å²) in [5, 5.41) is 8.42. The first-order valence-electron chi connectivity index (χ1n) is 6.33. The molecule has 0 bridgehead atoms. The van der Waals surface area contributed by atoms with Crippen molar-refractivity contribution >= 4 is 5.97 Å².